The van der Waals surface area contributed by atoms with Crippen LogP contribution in [0.2, 0.25) is 0 Å². The van der Waals surface area contributed by atoms with Crippen LogP contribution in [-0.2, 0) is 11.0 Å². The first kappa shape index (κ1) is 22.1. The van der Waals surface area contributed by atoms with E-state index in [1.807, 2.05) is 0 Å². The van der Waals surface area contributed by atoms with Crippen molar-refractivity contribution in [3.8, 4) is 5.82 Å². The third kappa shape index (κ3) is 4.13. The number of alkyl halides is 6. The van der Waals surface area contributed by atoms with Crippen LogP contribution in [0, 0.1) is 0 Å². The molecule has 0 spiro atoms. The zero-order valence-electron chi connectivity index (χ0n) is 15.7. The molecule has 1 unspecified atom stereocenters. The van der Waals surface area contributed by atoms with E-state index in [-0.39, 0.29) is 24.8 Å². The summed E-state index contributed by atoms with van der Waals surface area (Å²) in [5.74, 6) is -1.44. The molecule has 2 aromatic rings. The normalized spacial score (nSPS) is 18.3. The van der Waals surface area contributed by atoms with E-state index in [1.165, 1.54) is 16.9 Å². The maximum absolute atomic E-state index is 12.9. The van der Waals surface area contributed by atoms with Crippen LogP contribution in [0.25, 0.3) is 5.82 Å². The van der Waals surface area contributed by atoms with E-state index in [9.17, 15) is 36.2 Å². The molecule has 3 rings (SSSR count). The number of likely N-dealkylation sites (tertiary alicyclic amines) is 1. The minimum Gasteiger partial charge on any atom is -0.373 e. The first-order valence-corrected chi connectivity index (χ1v) is 8.98. The molecule has 1 fully saturated rings. The molecule has 1 aliphatic rings. The highest BCUT2D eigenvalue weighted by molar-refractivity contribution is 5.85. The highest BCUT2D eigenvalue weighted by Crippen LogP contribution is 2.35. The number of aromatic nitrogens is 3. The number of hydrogen-bond donors (Lipinski definition) is 1. The molecule has 164 valence electrons. The number of rotatable bonds is 3. The average Bonchev–Trinajstić information content (AvgIpc) is 3.16. The van der Waals surface area contributed by atoms with Gasteiger partial charge in [0.05, 0.1) is 5.56 Å². The van der Waals surface area contributed by atoms with Crippen molar-refractivity contribution < 1.29 is 36.2 Å². The number of aliphatic hydroxyl groups is 1. The molecule has 0 radical (unpaired) electrons. The molecule has 0 saturated carbocycles. The third-order valence-corrected chi connectivity index (χ3v) is 5.13. The van der Waals surface area contributed by atoms with Gasteiger partial charge in [0.1, 0.15) is 0 Å². The van der Waals surface area contributed by atoms with Gasteiger partial charge in [0.2, 0.25) is 5.60 Å². The molecule has 30 heavy (non-hydrogen) atoms. The number of carbonyl (C=O) groups is 1. The highest BCUT2D eigenvalue weighted by atomic mass is 19.4. The Kier molecular flexibility index (Phi) is 5.56. The topological polar surface area (TPSA) is 71.2 Å². The van der Waals surface area contributed by atoms with E-state index in [1.54, 1.807) is 6.07 Å². The molecule has 1 aliphatic heterocycles. The summed E-state index contributed by atoms with van der Waals surface area (Å²) in [5.41, 5.74) is -3.74. The lowest BCUT2D eigenvalue weighted by molar-refractivity contribution is -0.250. The molecule has 0 aliphatic carbocycles. The Morgan fingerprint density at radius 1 is 1.10 bits per heavy atom. The summed E-state index contributed by atoms with van der Waals surface area (Å²) in [6, 6.07) is 3.71. The summed E-state index contributed by atoms with van der Waals surface area (Å²) < 4.78 is 78.2. The van der Waals surface area contributed by atoms with Crippen LogP contribution in [0.3, 0.4) is 0 Å². The summed E-state index contributed by atoms with van der Waals surface area (Å²) in [6.45, 7) is 0.398. The van der Waals surface area contributed by atoms with Gasteiger partial charge in [-0.25, -0.2) is 9.67 Å². The Balaban J connectivity index is 1.72. The minimum atomic E-state index is -5.09. The second-order valence-corrected chi connectivity index (χ2v) is 7.21. The van der Waals surface area contributed by atoms with Crippen molar-refractivity contribution in [3.05, 3.63) is 41.9 Å². The van der Waals surface area contributed by atoms with E-state index >= 15 is 0 Å². The predicted octanol–water partition coefficient (Wildman–Crippen LogP) is 3.31. The van der Waals surface area contributed by atoms with Crippen molar-refractivity contribution in [2.45, 2.75) is 43.6 Å². The Bertz CT molecular complexity index is 897. The van der Waals surface area contributed by atoms with Crippen molar-refractivity contribution in [3.63, 3.8) is 0 Å². The molecule has 6 nitrogen and oxygen atoms in total. The molecule has 2 aromatic heterocycles. The van der Waals surface area contributed by atoms with Gasteiger partial charge < -0.3 is 10.0 Å². The van der Waals surface area contributed by atoms with Crippen molar-refractivity contribution in [2.75, 3.05) is 13.1 Å². The smallest absolute Gasteiger partial charge is 0.373 e. The van der Waals surface area contributed by atoms with Gasteiger partial charge in [0.15, 0.2) is 5.82 Å². The van der Waals surface area contributed by atoms with Gasteiger partial charge in [-0.15, -0.1) is 0 Å². The fraction of sp³-hybridized carbons (Fsp3) is 0.500. The number of piperidine rings is 1. The van der Waals surface area contributed by atoms with Crippen LogP contribution in [0.1, 0.15) is 36.9 Å². The van der Waals surface area contributed by atoms with E-state index < -0.39 is 29.4 Å². The molecule has 1 N–H and O–H groups in total. The monoisotopic (exact) mass is 436 g/mol. The molecule has 0 bridgehead atoms. The predicted molar refractivity (Wildman–Crippen MR) is 91.6 cm³/mol. The van der Waals surface area contributed by atoms with Gasteiger partial charge in [0, 0.05) is 37.1 Å². The van der Waals surface area contributed by atoms with E-state index in [4.69, 9.17) is 0 Å². The van der Waals surface area contributed by atoms with Crippen LogP contribution in [0.4, 0.5) is 26.3 Å². The van der Waals surface area contributed by atoms with Crippen LogP contribution in [-0.4, -0.2) is 55.5 Å². The molecule has 1 atom stereocenters. The molecule has 1 amide bonds. The van der Waals surface area contributed by atoms with Gasteiger partial charge in [-0.05, 0) is 38.0 Å². The lowest BCUT2D eigenvalue weighted by Crippen LogP contribution is -2.57. The van der Waals surface area contributed by atoms with Crippen LogP contribution in [0.15, 0.2) is 30.6 Å². The first-order valence-electron chi connectivity index (χ1n) is 8.98. The zero-order chi connectivity index (χ0) is 22.3. The number of nitrogens with zero attached hydrogens (tertiary/aromatic N) is 4. The Hall–Kier alpha value is -2.63. The first-order chi connectivity index (χ1) is 13.8. The van der Waals surface area contributed by atoms with E-state index in [2.05, 4.69) is 10.1 Å². The summed E-state index contributed by atoms with van der Waals surface area (Å²) >= 11 is 0. The standard InChI is InChI=1S/C18H18F6N4O2/c1-16(30,18(22,23)24)15(29)27-8-5-11(6-9-27)13-4-7-26-28(13)14-3-2-12(10-25-14)17(19,20)21/h2-4,7,10-11,30H,5-6,8-9H2,1H3. The summed E-state index contributed by atoms with van der Waals surface area (Å²) in [4.78, 5) is 16.9. The van der Waals surface area contributed by atoms with Crippen molar-refractivity contribution in [1.82, 2.24) is 19.7 Å². The number of pyridine rings is 1. The molecule has 0 aromatic carbocycles. The second kappa shape index (κ2) is 7.56. The van der Waals surface area contributed by atoms with Crippen molar-refractivity contribution >= 4 is 5.91 Å². The fourth-order valence-electron chi connectivity index (χ4n) is 3.30. The Morgan fingerprint density at radius 2 is 1.73 bits per heavy atom. The Labute approximate surface area is 167 Å². The summed E-state index contributed by atoms with van der Waals surface area (Å²) in [7, 11) is 0. The van der Waals surface area contributed by atoms with Crippen molar-refractivity contribution in [2.24, 2.45) is 0 Å². The van der Waals surface area contributed by atoms with Gasteiger partial charge in [-0.2, -0.15) is 31.4 Å². The van der Waals surface area contributed by atoms with Gasteiger partial charge in [-0.3, -0.25) is 4.79 Å². The summed E-state index contributed by atoms with van der Waals surface area (Å²) in [6.07, 6.45) is -6.87. The number of amides is 1. The van der Waals surface area contributed by atoms with E-state index in [0.29, 0.717) is 31.7 Å². The maximum Gasteiger partial charge on any atom is 0.426 e. The molecule has 3 heterocycles. The Morgan fingerprint density at radius 3 is 2.23 bits per heavy atom. The van der Waals surface area contributed by atoms with Crippen LogP contribution in [0.5, 0.6) is 0 Å². The number of halogens is 6. The molecular weight excluding hydrogens is 418 g/mol. The SMILES string of the molecule is CC(O)(C(=O)N1CCC(c2ccnn2-c2ccc(C(F)(F)F)cn2)CC1)C(F)(F)F. The average molecular weight is 436 g/mol. The largest absolute Gasteiger partial charge is 0.426 e. The lowest BCUT2D eigenvalue weighted by atomic mass is 9.92. The molecular formula is C18H18F6N4O2. The fourth-order valence-corrected chi connectivity index (χ4v) is 3.30. The van der Waals surface area contributed by atoms with Gasteiger partial charge >= 0.3 is 12.4 Å². The quantitative estimate of drug-likeness (QED) is 0.750. The van der Waals surface area contributed by atoms with Crippen LogP contribution >= 0.6 is 0 Å². The van der Waals surface area contributed by atoms with Crippen LogP contribution < -0.4 is 0 Å². The summed E-state index contributed by atoms with van der Waals surface area (Å²) in [5, 5.41) is 13.7. The maximum atomic E-state index is 12.9. The second-order valence-electron chi connectivity index (χ2n) is 7.21. The van der Waals surface area contributed by atoms with Crippen molar-refractivity contribution in [1.29, 1.82) is 0 Å². The molecule has 1 saturated heterocycles. The third-order valence-electron chi connectivity index (χ3n) is 5.13. The zero-order valence-corrected chi connectivity index (χ0v) is 15.7. The highest BCUT2D eigenvalue weighted by Gasteiger charge is 2.57. The van der Waals surface area contributed by atoms with Gasteiger partial charge in [0.25, 0.3) is 5.91 Å². The molecule has 12 heteroatoms. The minimum absolute atomic E-state index is 0.0125. The number of hydrogen-bond acceptors (Lipinski definition) is 4. The van der Waals surface area contributed by atoms with Gasteiger partial charge in [-0.1, -0.05) is 0 Å². The van der Waals surface area contributed by atoms with E-state index in [0.717, 1.165) is 11.0 Å². The lowest BCUT2D eigenvalue weighted by Gasteiger charge is -2.36. The number of carbonyl (C=O) groups excluding carboxylic acids is 1.